The maximum Gasteiger partial charge on any atom is 0.236 e. The maximum absolute atomic E-state index is 10.2. The van der Waals surface area contributed by atoms with Crippen LogP contribution in [0.15, 0.2) is 42.5 Å². The monoisotopic (exact) mass is 507 g/mol. The summed E-state index contributed by atoms with van der Waals surface area (Å²) < 4.78 is 15.2. The summed E-state index contributed by atoms with van der Waals surface area (Å²) in [5, 5.41) is 26.4. The number of hydrogen-bond acceptors (Lipinski definition) is 8. The Bertz CT molecular complexity index is 1100. The normalized spacial score (nSPS) is 14.1. The molecule has 0 unspecified atom stereocenters. The largest absolute Gasteiger partial charge is 0.492 e. The van der Waals surface area contributed by atoms with Crippen molar-refractivity contribution in [2.24, 2.45) is 0 Å². The summed E-state index contributed by atoms with van der Waals surface area (Å²) in [6.07, 6.45) is 0. The van der Waals surface area contributed by atoms with E-state index in [0.717, 1.165) is 50.1 Å². The van der Waals surface area contributed by atoms with Gasteiger partial charge >= 0.3 is 0 Å². The first-order valence-electron chi connectivity index (χ1n) is 10.3. The van der Waals surface area contributed by atoms with Gasteiger partial charge in [0, 0.05) is 43.0 Å². The molecule has 0 saturated carbocycles. The van der Waals surface area contributed by atoms with Crippen molar-refractivity contribution in [2.45, 2.75) is 0 Å². The number of hydrogen-bond donors (Lipinski definition) is 4. The SMILES string of the molecule is N=C(NCCN1CCOCC1)c1c(O)nsc1Nc1ccc(Oc2cc(Cl)ccc2Cl)cc1. The van der Waals surface area contributed by atoms with Crippen LogP contribution in [0.25, 0.3) is 0 Å². The van der Waals surface area contributed by atoms with Gasteiger partial charge in [0.25, 0.3) is 0 Å². The molecule has 2 aromatic carbocycles. The van der Waals surface area contributed by atoms with Gasteiger partial charge in [-0.05, 0) is 47.9 Å². The summed E-state index contributed by atoms with van der Waals surface area (Å²) in [4.78, 5) is 2.27. The van der Waals surface area contributed by atoms with E-state index in [2.05, 4.69) is 19.9 Å². The Morgan fingerprint density at radius 1 is 1.18 bits per heavy atom. The van der Waals surface area contributed by atoms with E-state index < -0.39 is 0 Å². The highest BCUT2D eigenvalue weighted by atomic mass is 35.5. The maximum atomic E-state index is 10.2. The first-order valence-corrected chi connectivity index (χ1v) is 11.8. The highest BCUT2D eigenvalue weighted by Crippen LogP contribution is 2.34. The van der Waals surface area contributed by atoms with Crippen LogP contribution in [0.4, 0.5) is 10.7 Å². The van der Waals surface area contributed by atoms with Gasteiger partial charge in [-0.15, -0.1) is 0 Å². The number of halogens is 2. The van der Waals surface area contributed by atoms with Gasteiger partial charge in [0.2, 0.25) is 5.88 Å². The second-order valence-electron chi connectivity index (χ2n) is 7.29. The highest BCUT2D eigenvalue weighted by Gasteiger charge is 2.19. The minimum Gasteiger partial charge on any atom is -0.492 e. The van der Waals surface area contributed by atoms with Crippen LogP contribution in [0.2, 0.25) is 10.0 Å². The zero-order valence-corrected chi connectivity index (χ0v) is 19.9. The van der Waals surface area contributed by atoms with Crippen LogP contribution < -0.4 is 15.4 Å². The number of aromatic hydroxyl groups is 1. The molecule has 174 valence electrons. The average Bonchev–Trinajstić information content (AvgIpc) is 3.18. The third-order valence-corrected chi connectivity index (χ3v) is 6.29. The third-order valence-electron chi connectivity index (χ3n) is 4.99. The molecule has 2 heterocycles. The quantitative estimate of drug-likeness (QED) is 0.253. The van der Waals surface area contributed by atoms with Crippen molar-refractivity contribution in [1.29, 1.82) is 5.41 Å². The molecule has 0 atom stereocenters. The second-order valence-corrected chi connectivity index (χ2v) is 8.91. The fourth-order valence-electron chi connectivity index (χ4n) is 3.26. The van der Waals surface area contributed by atoms with E-state index in [1.54, 1.807) is 30.3 Å². The Balaban J connectivity index is 1.37. The number of anilines is 2. The van der Waals surface area contributed by atoms with Crippen molar-refractivity contribution < 1.29 is 14.6 Å². The summed E-state index contributed by atoms with van der Waals surface area (Å²) >= 11 is 13.3. The van der Waals surface area contributed by atoms with Crippen molar-refractivity contribution in [3.05, 3.63) is 58.1 Å². The van der Waals surface area contributed by atoms with Crippen molar-refractivity contribution in [1.82, 2.24) is 14.6 Å². The Labute approximate surface area is 205 Å². The summed E-state index contributed by atoms with van der Waals surface area (Å²) in [5.41, 5.74) is 1.10. The minimum atomic E-state index is -0.179. The van der Waals surface area contributed by atoms with Crippen LogP contribution in [-0.4, -0.2) is 59.6 Å². The topological polar surface area (TPSA) is 103 Å². The van der Waals surface area contributed by atoms with Crippen molar-refractivity contribution >= 4 is 51.3 Å². The van der Waals surface area contributed by atoms with Gasteiger partial charge in [-0.25, -0.2) is 0 Å². The predicted octanol–water partition coefficient (Wildman–Crippen LogP) is 4.94. The van der Waals surface area contributed by atoms with Gasteiger partial charge in [0.1, 0.15) is 27.9 Å². The fraction of sp³-hybridized carbons (Fsp3) is 0.273. The number of aromatic nitrogens is 1. The molecular formula is C22H23Cl2N5O3S. The van der Waals surface area contributed by atoms with Crippen LogP contribution >= 0.6 is 34.7 Å². The van der Waals surface area contributed by atoms with Crippen LogP contribution in [0, 0.1) is 5.41 Å². The molecule has 1 fully saturated rings. The summed E-state index contributed by atoms with van der Waals surface area (Å²) in [6.45, 7) is 4.62. The molecule has 0 bridgehead atoms. The standard InChI is InChI=1S/C22H23Cl2N5O3S/c23-14-1-6-17(24)18(13-14)32-16-4-2-15(3-5-16)27-22-19(21(30)28-33-22)20(25)26-7-8-29-9-11-31-12-10-29/h1-6,13,27H,7-12H2,(H2,25,26)(H,28,30). The van der Waals surface area contributed by atoms with Crippen LogP contribution in [0.3, 0.4) is 0 Å². The second kappa shape index (κ2) is 11.0. The van der Waals surface area contributed by atoms with Gasteiger partial charge in [-0.3, -0.25) is 10.3 Å². The van der Waals surface area contributed by atoms with Gasteiger partial charge in [0.15, 0.2) is 0 Å². The molecule has 8 nitrogen and oxygen atoms in total. The summed E-state index contributed by atoms with van der Waals surface area (Å²) in [6, 6.07) is 12.2. The van der Waals surface area contributed by atoms with Crippen molar-refractivity contribution in [2.75, 3.05) is 44.7 Å². The Morgan fingerprint density at radius 2 is 1.94 bits per heavy atom. The van der Waals surface area contributed by atoms with E-state index in [0.29, 0.717) is 38.7 Å². The van der Waals surface area contributed by atoms with Crippen LogP contribution in [0.5, 0.6) is 17.4 Å². The van der Waals surface area contributed by atoms with E-state index in [1.165, 1.54) is 0 Å². The van der Waals surface area contributed by atoms with Crippen molar-refractivity contribution in [3.8, 4) is 17.4 Å². The fourth-order valence-corrected chi connectivity index (χ4v) is 4.30. The van der Waals surface area contributed by atoms with Crippen LogP contribution in [-0.2, 0) is 4.74 Å². The van der Waals surface area contributed by atoms with Crippen LogP contribution in [0.1, 0.15) is 5.56 Å². The zero-order valence-electron chi connectivity index (χ0n) is 17.6. The zero-order chi connectivity index (χ0) is 23.2. The van der Waals surface area contributed by atoms with E-state index in [-0.39, 0.29) is 11.7 Å². The van der Waals surface area contributed by atoms with E-state index in [1.807, 2.05) is 12.1 Å². The number of nitrogens with zero attached hydrogens (tertiary/aromatic N) is 2. The Kier molecular flexibility index (Phi) is 7.89. The number of morpholine rings is 1. The first kappa shape index (κ1) is 23.6. The van der Waals surface area contributed by atoms with E-state index in [4.69, 9.17) is 38.1 Å². The van der Waals surface area contributed by atoms with Gasteiger partial charge < -0.3 is 25.2 Å². The lowest BCUT2D eigenvalue weighted by atomic mass is 10.2. The number of nitrogens with one attached hydrogen (secondary N) is 3. The minimum absolute atomic E-state index is 0.118. The first-order chi connectivity index (χ1) is 16.0. The smallest absolute Gasteiger partial charge is 0.236 e. The highest BCUT2D eigenvalue weighted by molar-refractivity contribution is 7.11. The lowest BCUT2D eigenvalue weighted by molar-refractivity contribution is 0.0389. The molecule has 0 spiro atoms. The van der Waals surface area contributed by atoms with Gasteiger partial charge in [0.05, 0.1) is 18.2 Å². The molecule has 11 heteroatoms. The Morgan fingerprint density at radius 3 is 2.70 bits per heavy atom. The molecule has 33 heavy (non-hydrogen) atoms. The lowest BCUT2D eigenvalue weighted by Gasteiger charge is -2.26. The van der Waals surface area contributed by atoms with Gasteiger partial charge in [-0.1, -0.05) is 23.2 Å². The number of amidine groups is 1. The third kappa shape index (κ3) is 6.27. The Hall–Kier alpha value is -2.56. The molecule has 3 aromatic rings. The van der Waals surface area contributed by atoms with Crippen molar-refractivity contribution in [3.63, 3.8) is 0 Å². The molecule has 4 rings (SSSR count). The number of rotatable bonds is 8. The predicted molar refractivity (Wildman–Crippen MR) is 132 cm³/mol. The molecule has 0 aliphatic carbocycles. The molecule has 4 N–H and O–H groups in total. The van der Waals surface area contributed by atoms with Gasteiger partial charge in [-0.2, -0.15) is 4.37 Å². The lowest BCUT2D eigenvalue weighted by Crippen LogP contribution is -2.41. The molecular weight excluding hydrogens is 485 g/mol. The number of ether oxygens (including phenoxy) is 2. The summed E-state index contributed by atoms with van der Waals surface area (Å²) in [7, 11) is 0. The number of benzene rings is 2. The summed E-state index contributed by atoms with van der Waals surface area (Å²) in [5.74, 6) is 1.00. The van der Waals surface area contributed by atoms with E-state index in [9.17, 15) is 5.11 Å². The molecule has 0 amide bonds. The molecule has 0 radical (unpaired) electrons. The molecule has 1 aromatic heterocycles. The van der Waals surface area contributed by atoms with E-state index >= 15 is 0 Å². The average molecular weight is 508 g/mol. The molecule has 1 saturated heterocycles. The molecule has 1 aliphatic heterocycles. The molecule has 1 aliphatic rings.